The molecule has 2 rings (SSSR count). The van der Waals surface area contributed by atoms with E-state index in [-0.39, 0.29) is 11.4 Å². The van der Waals surface area contributed by atoms with E-state index in [0.29, 0.717) is 0 Å². The van der Waals surface area contributed by atoms with E-state index < -0.39 is 0 Å². The van der Waals surface area contributed by atoms with Crippen molar-refractivity contribution in [2.24, 2.45) is 0 Å². The molecule has 4 heteroatoms. The highest BCUT2D eigenvalue weighted by molar-refractivity contribution is 5.95. The molecule has 1 aliphatic rings. The average molecular weight is 303 g/mol. The van der Waals surface area contributed by atoms with Crippen LogP contribution in [0.5, 0.6) is 0 Å². The maximum absolute atomic E-state index is 12.8. The van der Waals surface area contributed by atoms with Gasteiger partial charge in [0.15, 0.2) is 0 Å². The lowest BCUT2D eigenvalue weighted by molar-refractivity contribution is 0.0730. The fourth-order valence-corrected chi connectivity index (χ4v) is 2.93. The maximum Gasteiger partial charge on any atom is 0.254 e. The molecular formula is C18H29N3O. The quantitative estimate of drug-likeness (QED) is 0.927. The summed E-state index contributed by atoms with van der Waals surface area (Å²) in [6.45, 7) is 14.0. The van der Waals surface area contributed by atoms with Gasteiger partial charge in [0.05, 0.1) is 0 Å². The summed E-state index contributed by atoms with van der Waals surface area (Å²) in [5, 5.41) is 3.29. The van der Waals surface area contributed by atoms with Crippen molar-refractivity contribution >= 4 is 5.91 Å². The molecule has 0 aromatic heterocycles. The molecule has 0 aliphatic carbocycles. The molecule has 1 aromatic carbocycles. The summed E-state index contributed by atoms with van der Waals surface area (Å²) in [4.78, 5) is 17.2. The molecule has 1 aliphatic heterocycles. The van der Waals surface area contributed by atoms with Gasteiger partial charge in [0.1, 0.15) is 0 Å². The highest BCUT2D eigenvalue weighted by Gasteiger charge is 2.24. The van der Waals surface area contributed by atoms with Crippen LogP contribution in [-0.2, 0) is 6.54 Å². The second kappa shape index (κ2) is 7.25. The van der Waals surface area contributed by atoms with Gasteiger partial charge in [0.2, 0.25) is 0 Å². The number of benzene rings is 1. The molecule has 0 radical (unpaired) electrons. The first-order valence-electron chi connectivity index (χ1n) is 8.26. The Morgan fingerprint density at radius 3 is 2.45 bits per heavy atom. The minimum Gasteiger partial charge on any atom is -0.336 e. The summed E-state index contributed by atoms with van der Waals surface area (Å²) in [6.07, 6.45) is 0. The zero-order valence-electron chi connectivity index (χ0n) is 14.4. The summed E-state index contributed by atoms with van der Waals surface area (Å²) >= 11 is 0. The highest BCUT2D eigenvalue weighted by atomic mass is 16.2. The monoisotopic (exact) mass is 303 g/mol. The molecule has 1 amide bonds. The summed E-state index contributed by atoms with van der Waals surface area (Å²) in [7, 11) is 0. The van der Waals surface area contributed by atoms with Crippen molar-refractivity contribution in [1.82, 2.24) is 15.1 Å². The fourth-order valence-electron chi connectivity index (χ4n) is 2.93. The summed E-state index contributed by atoms with van der Waals surface area (Å²) in [6, 6.07) is 8.05. The molecule has 0 unspecified atom stereocenters. The van der Waals surface area contributed by atoms with Crippen LogP contribution in [0.2, 0.25) is 0 Å². The average Bonchev–Trinajstić information content (AvgIpc) is 2.52. The zero-order valence-corrected chi connectivity index (χ0v) is 14.4. The van der Waals surface area contributed by atoms with Gasteiger partial charge < -0.3 is 10.2 Å². The normalized spacial score (nSPS) is 16.1. The first kappa shape index (κ1) is 17.0. The standard InChI is InChI=1S/C18H29N3O/c1-5-21(18(2,3)4)14-15-8-6-7-9-16(15)17(22)20-12-10-19-11-13-20/h6-9,19H,5,10-14H2,1-4H3. The van der Waals surface area contributed by atoms with Gasteiger partial charge in [-0.25, -0.2) is 0 Å². The van der Waals surface area contributed by atoms with Crippen LogP contribution in [0.25, 0.3) is 0 Å². The Morgan fingerprint density at radius 1 is 1.23 bits per heavy atom. The number of nitrogens with zero attached hydrogens (tertiary/aromatic N) is 2. The lowest BCUT2D eigenvalue weighted by atomic mass is 10.0. The van der Waals surface area contributed by atoms with Crippen molar-refractivity contribution in [1.29, 1.82) is 0 Å². The van der Waals surface area contributed by atoms with Crippen LogP contribution in [0.15, 0.2) is 24.3 Å². The third-order valence-electron chi connectivity index (χ3n) is 4.34. The smallest absolute Gasteiger partial charge is 0.254 e. The summed E-state index contributed by atoms with van der Waals surface area (Å²) in [5.74, 6) is 0.169. The van der Waals surface area contributed by atoms with E-state index in [1.807, 2.05) is 23.1 Å². The van der Waals surface area contributed by atoms with Crippen molar-refractivity contribution in [3.63, 3.8) is 0 Å². The van der Waals surface area contributed by atoms with E-state index >= 15 is 0 Å². The Bertz CT molecular complexity index is 501. The second-order valence-electron chi connectivity index (χ2n) is 6.88. The van der Waals surface area contributed by atoms with Gasteiger partial charge in [-0.15, -0.1) is 0 Å². The van der Waals surface area contributed by atoms with Gasteiger partial charge in [-0.05, 0) is 38.9 Å². The molecule has 22 heavy (non-hydrogen) atoms. The van der Waals surface area contributed by atoms with Crippen LogP contribution in [0.3, 0.4) is 0 Å². The Kier molecular flexibility index (Phi) is 5.59. The van der Waals surface area contributed by atoms with Crippen molar-refractivity contribution in [2.45, 2.75) is 39.8 Å². The highest BCUT2D eigenvalue weighted by Crippen LogP contribution is 2.20. The topological polar surface area (TPSA) is 35.6 Å². The molecule has 4 nitrogen and oxygen atoms in total. The lowest BCUT2D eigenvalue weighted by Gasteiger charge is -2.35. The molecule has 122 valence electrons. The summed E-state index contributed by atoms with van der Waals surface area (Å²) in [5.41, 5.74) is 2.08. The molecule has 0 saturated carbocycles. The van der Waals surface area contributed by atoms with Gasteiger partial charge in [-0.2, -0.15) is 0 Å². The Hall–Kier alpha value is -1.39. The van der Waals surface area contributed by atoms with Gasteiger partial charge in [0, 0.05) is 43.8 Å². The molecule has 1 N–H and O–H groups in total. The lowest BCUT2D eigenvalue weighted by Crippen LogP contribution is -2.47. The van der Waals surface area contributed by atoms with E-state index in [2.05, 4.69) is 44.0 Å². The number of piperazine rings is 1. The van der Waals surface area contributed by atoms with Crippen LogP contribution >= 0.6 is 0 Å². The predicted molar refractivity (Wildman–Crippen MR) is 91.1 cm³/mol. The van der Waals surface area contributed by atoms with Crippen molar-refractivity contribution in [3.8, 4) is 0 Å². The number of carbonyl (C=O) groups is 1. The molecule has 1 aromatic rings. The van der Waals surface area contributed by atoms with E-state index in [1.54, 1.807) is 0 Å². The first-order valence-corrected chi connectivity index (χ1v) is 8.26. The molecular weight excluding hydrogens is 274 g/mol. The van der Waals surface area contributed by atoms with E-state index in [0.717, 1.165) is 50.4 Å². The SMILES string of the molecule is CCN(Cc1ccccc1C(=O)N1CCNCC1)C(C)(C)C. The third kappa shape index (κ3) is 4.08. The predicted octanol–water partition coefficient (Wildman–Crippen LogP) is 2.35. The minimum absolute atomic E-state index is 0.0972. The largest absolute Gasteiger partial charge is 0.336 e. The molecule has 1 saturated heterocycles. The van der Waals surface area contributed by atoms with Gasteiger partial charge in [-0.1, -0.05) is 25.1 Å². The Labute approximate surface area is 134 Å². The van der Waals surface area contributed by atoms with Crippen LogP contribution < -0.4 is 5.32 Å². The molecule has 1 fully saturated rings. The molecule has 0 atom stereocenters. The van der Waals surface area contributed by atoms with Crippen molar-refractivity contribution in [2.75, 3.05) is 32.7 Å². The number of nitrogens with one attached hydrogen (secondary N) is 1. The fraction of sp³-hybridized carbons (Fsp3) is 0.611. The molecule has 0 bridgehead atoms. The van der Waals surface area contributed by atoms with Crippen LogP contribution in [0.4, 0.5) is 0 Å². The van der Waals surface area contributed by atoms with Crippen molar-refractivity contribution in [3.05, 3.63) is 35.4 Å². The Balaban J connectivity index is 2.20. The maximum atomic E-state index is 12.8. The van der Waals surface area contributed by atoms with E-state index in [9.17, 15) is 4.79 Å². The molecule has 1 heterocycles. The zero-order chi connectivity index (χ0) is 16.2. The van der Waals surface area contributed by atoms with Gasteiger partial charge >= 0.3 is 0 Å². The Morgan fingerprint density at radius 2 is 1.86 bits per heavy atom. The minimum atomic E-state index is 0.0972. The second-order valence-corrected chi connectivity index (χ2v) is 6.88. The van der Waals surface area contributed by atoms with Crippen LogP contribution in [-0.4, -0.2) is 54.0 Å². The molecule has 0 spiro atoms. The summed E-state index contributed by atoms with van der Waals surface area (Å²) < 4.78 is 0. The number of amides is 1. The number of hydrogen-bond donors (Lipinski definition) is 1. The van der Waals surface area contributed by atoms with Crippen molar-refractivity contribution < 1.29 is 4.79 Å². The van der Waals surface area contributed by atoms with Gasteiger partial charge in [-0.3, -0.25) is 9.69 Å². The van der Waals surface area contributed by atoms with Crippen LogP contribution in [0.1, 0.15) is 43.6 Å². The number of rotatable bonds is 4. The van der Waals surface area contributed by atoms with Crippen LogP contribution in [0, 0.1) is 0 Å². The number of hydrogen-bond acceptors (Lipinski definition) is 3. The van der Waals surface area contributed by atoms with E-state index in [4.69, 9.17) is 0 Å². The van der Waals surface area contributed by atoms with E-state index in [1.165, 1.54) is 0 Å². The van der Waals surface area contributed by atoms with Gasteiger partial charge in [0.25, 0.3) is 5.91 Å². The number of carbonyl (C=O) groups excluding carboxylic acids is 1. The first-order chi connectivity index (χ1) is 10.4. The third-order valence-corrected chi connectivity index (χ3v) is 4.34.